The van der Waals surface area contributed by atoms with E-state index in [1.165, 1.54) is 110 Å². The van der Waals surface area contributed by atoms with E-state index in [0.717, 1.165) is 27.5 Å². The summed E-state index contributed by atoms with van der Waals surface area (Å²) in [5, 5.41) is 7.79. The summed E-state index contributed by atoms with van der Waals surface area (Å²) in [6.07, 6.45) is 0. The third kappa shape index (κ3) is 5.81. The standard InChI is InChI=1S/C63H55BN3S/c1-60(2,3)36-24-27-38(28-25-36)65-48-32-46-41(39-20-14-16-22-44(39)62(46,7)8)31-42(48)55-56-53(40-21-15-17-23-45(40)63(56,9)10)54-43-30-37(61(4,5)6)26-29-50(43)67-51-34-52-49(33-47(51)64-57(55)58(54)67)66-59(68-52)35-18-12-11-13-19-35/h11-34,65H,1-10H3. The number of rotatable bonds is 4. The van der Waals surface area contributed by atoms with Gasteiger partial charge in [-0.05, 0) is 126 Å². The molecule has 0 saturated carbocycles. The molecule has 0 unspecified atom stereocenters. The maximum absolute atomic E-state index is 5.31. The van der Waals surface area contributed by atoms with Gasteiger partial charge in [-0.15, -0.1) is 11.3 Å². The Bertz CT molecular complexity index is 3790. The molecule has 0 saturated heterocycles. The van der Waals surface area contributed by atoms with Crippen LogP contribution in [0.2, 0.25) is 0 Å². The van der Waals surface area contributed by atoms with E-state index in [1.807, 2.05) is 0 Å². The number of anilines is 2. The largest absolute Gasteiger partial charge is 0.355 e. The van der Waals surface area contributed by atoms with Crippen molar-refractivity contribution in [2.24, 2.45) is 0 Å². The van der Waals surface area contributed by atoms with E-state index in [2.05, 4.69) is 232 Å². The van der Waals surface area contributed by atoms with Crippen molar-refractivity contribution in [1.82, 2.24) is 9.55 Å². The minimum absolute atomic E-state index is 0.0290. The highest BCUT2D eigenvalue weighted by atomic mass is 32.1. The first kappa shape index (κ1) is 41.5. The molecule has 5 heteroatoms. The van der Waals surface area contributed by atoms with Crippen molar-refractivity contribution in [1.29, 1.82) is 0 Å². The second-order valence-corrected chi connectivity index (χ2v) is 23.8. The van der Waals surface area contributed by atoms with Gasteiger partial charge in [-0.1, -0.05) is 172 Å². The summed E-state index contributed by atoms with van der Waals surface area (Å²) >= 11 is 1.78. The first-order valence-corrected chi connectivity index (χ1v) is 25.1. The summed E-state index contributed by atoms with van der Waals surface area (Å²) in [6.45, 7) is 23.6. The molecule has 0 atom stereocenters. The van der Waals surface area contributed by atoms with Crippen molar-refractivity contribution in [2.75, 3.05) is 5.32 Å². The summed E-state index contributed by atoms with van der Waals surface area (Å²) in [5.41, 5.74) is 26.1. The van der Waals surface area contributed by atoms with Crippen LogP contribution in [-0.2, 0) is 21.7 Å². The van der Waals surface area contributed by atoms with Gasteiger partial charge in [0.15, 0.2) is 7.28 Å². The monoisotopic (exact) mass is 896 g/mol. The van der Waals surface area contributed by atoms with Crippen LogP contribution in [0.15, 0.2) is 146 Å². The zero-order valence-corrected chi connectivity index (χ0v) is 41.6. The number of hydrogen-bond acceptors (Lipinski definition) is 3. The minimum atomic E-state index is -0.318. The summed E-state index contributed by atoms with van der Waals surface area (Å²) in [4.78, 5) is 5.31. The van der Waals surface area contributed by atoms with Crippen LogP contribution >= 0.6 is 11.3 Å². The van der Waals surface area contributed by atoms with Crippen LogP contribution in [0.5, 0.6) is 0 Å². The third-order valence-corrected chi connectivity index (χ3v) is 16.8. The lowest BCUT2D eigenvalue weighted by atomic mass is 9.57. The number of fused-ring (bicyclic) bond motifs is 13. The van der Waals surface area contributed by atoms with Gasteiger partial charge in [0.2, 0.25) is 0 Å². The van der Waals surface area contributed by atoms with Gasteiger partial charge in [-0.2, -0.15) is 0 Å². The van der Waals surface area contributed by atoms with Gasteiger partial charge in [-0.25, -0.2) is 4.98 Å². The molecule has 3 aliphatic rings. The molecule has 2 aromatic heterocycles. The molecule has 0 amide bonds. The smallest absolute Gasteiger partial charge is 0.198 e. The van der Waals surface area contributed by atoms with Crippen molar-refractivity contribution >= 4 is 72.9 Å². The van der Waals surface area contributed by atoms with Crippen LogP contribution in [0, 0.1) is 0 Å². The molecule has 0 bridgehead atoms. The lowest BCUT2D eigenvalue weighted by molar-refractivity contribution is 0.590. The molecule has 68 heavy (non-hydrogen) atoms. The third-order valence-electron chi connectivity index (χ3n) is 15.7. The molecule has 331 valence electrons. The van der Waals surface area contributed by atoms with Gasteiger partial charge in [0, 0.05) is 55.3 Å². The topological polar surface area (TPSA) is 29.9 Å². The van der Waals surface area contributed by atoms with Crippen LogP contribution in [0.3, 0.4) is 0 Å². The van der Waals surface area contributed by atoms with Crippen molar-refractivity contribution < 1.29 is 0 Å². The maximum Gasteiger partial charge on any atom is 0.198 e. The Morgan fingerprint density at radius 1 is 0.588 bits per heavy atom. The number of benzene rings is 8. The molecule has 2 aliphatic carbocycles. The van der Waals surface area contributed by atoms with E-state index in [9.17, 15) is 0 Å². The summed E-state index contributed by atoms with van der Waals surface area (Å²) in [7, 11) is 2.52. The summed E-state index contributed by atoms with van der Waals surface area (Å²) in [6, 6.07) is 55.2. The Morgan fingerprint density at radius 2 is 1.25 bits per heavy atom. The average Bonchev–Trinajstić information content (AvgIpc) is 4.02. The summed E-state index contributed by atoms with van der Waals surface area (Å²) in [5.74, 6) is 0. The molecule has 13 rings (SSSR count). The number of hydrogen-bond donors (Lipinski definition) is 1. The molecule has 1 aliphatic heterocycles. The van der Waals surface area contributed by atoms with E-state index < -0.39 is 0 Å². The predicted octanol–water partition coefficient (Wildman–Crippen LogP) is 15.6. The van der Waals surface area contributed by atoms with Crippen LogP contribution in [0.1, 0.15) is 103 Å². The molecule has 0 fully saturated rings. The Morgan fingerprint density at radius 3 is 1.97 bits per heavy atom. The number of aromatic nitrogens is 2. The lowest BCUT2D eigenvalue weighted by Crippen LogP contribution is -2.38. The van der Waals surface area contributed by atoms with Crippen molar-refractivity contribution in [2.45, 2.75) is 90.9 Å². The van der Waals surface area contributed by atoms with Crippen molar-refractivity contribution in [3.8, 4) is 49.6 Å². The van der Waals surface area contributed by atoms with Crippen LogP contribution in [0.25, 0.3) is 81.7 Å². The van der Waals surface area contributed by atoms with E-state index in [0.29, 0.717) is 0 Å². The van der Waals surface area contributed by atoms with Gasteiger partial charge in [0.25, 0.3) is 0 Å². The fourth-order valence-corrected chi connectivity index (χ4v) is 13.1. The molecule has 1 radical (unpaired) electrons. The van der Waals surface area contributed by atoms with Gasteiger partial charge in [0.1, 0.15) is 5.01 Å². The van der Waals surface area contributed by atoms with Gasteiger partial charge < -0.3 is 9.88 Å². The van der Waals surface area contributed by atoms with Gasteiger partial charge in [-0.3, -0.25) is 0 Å². The fraction of sp³-hybridized carbons (Fsp3) is 0.222. The average molecular weight is 897 g/mol. The summed E-state index contributed by atoms with van der Waals surface area (Å²) < 4.78 is 3.81. The molecule has 10 aromatic rings. The first-order valence-electron chi connectivity index (χ1n) is 24.3. The number of nitrogens with one attached hydrogen (secondary N) is 1. The molecule has 3 heterocycles. The second kappa shape index (κ2) is 14.0. The zero-order valence-electron chi connectivity index (χ0n) is 40.7. The van der Waals surface area contributed by atoms with E-state index in [-0.39, 0.29) is 21.7 Å². The fourth-order valence-electron chi connectivity index (χ4n) is 12.1. The normalized spacial score (nSPS) is 15.0. The molecule has 1 N–H and O–H groups in total. The SMILES string of the molecule is CC(C)(C)c1ccc(Nc2cc3c(cc2-c2c4c(c5c6cc(C(C)(C)C)ccc6n6c5c2[B]c2cc5nc(-c7ccccc7)sc5cc2-6)-c2ccccc2C4(C)C)-c2ccccc2C3(C)C)cc1. The van der Waals surface area contributed by atoms with E-state index >= 15 is 0 Å². The first-order chi connectivity index (χ1) is 32.5. The highest BCUT2D eigenvalue weighted by molar-refractivity contribution is 7.21. The minimum Gasteiger partial charge on any atom is -0.355 e. The Kier molecular flexibility index (Phi) is 8.52. The molecule has 0 spiro atoms. The number of thiazole rings is 1. The Labute approximate surface area is 405 Å². The van der Waals surface area contributed by atoms with Gasteiger partial charge in [0.05, 0.1) is 15.7 Å². The quantitative estimate of drug-likeness (QED) is 0.178. The van der Waals surface area contributed by atoms with E-state index in [1.54, 1.807) is 11.3 Å². The lowest BCUT2D eigenvalue weighted by Gasteiger charge is -2.31. The molecule has 3 nitrogen and oxygen atoms in total. The zero-order chi connectivity index (χ0) is 46.8. The Hall–Kier alpha value is -6.69. The molecular formula is C63H55BN3S. The van der Waals surface area contributed by atoms with Crippen LogP contribution in [-0.4, -0.2) is 16.8 Å². The van der Waals surface area contributed by atoms with Crippen LogP contribution in [0.4, 0.5) is 11.4 Å². The number of nitrogens with zero attached hydrogens (tertiary/aromatic N) is 2. The Balaban J connectivity index is 1.18. The highest BCUT2D eigenvalue weighted by Gasteiger charge is 2.44. The predicted molar refractivity (Wildman–Crippen MR) is 292 cm³/mol. The van der Waals surface area contributed by atoms with Gasteiger partial charge >= 0.3 is 0 Å². The van der Waals surface area contributed by atoms with Crippen molar-refractivity contribution in [3.05, 3.63) is 179 Å². The molecular weight excluding hydrogens is 842 g/mol. The second-order valence-electron chi connectivity index (χ2n) is 22.7. The van der Waals surface area contributed by atoms with E-state index in [4.69, 9.17) is 4.98 Å². The highest BCUT2D eigenvalue weighted by Crippen LogP contribution is 2.59. The van der Waals surface area contributed by atoms with Crippen molar-refractivity contribution in [3.63, 3.8) is 0 Å². The maximum atomic E-state index is 5.31. The van der Waals surface area contributed by atoms with Crippen LogP contribution < -0.4 is 16.2 Å². The molecule has 8 aromatic carbocycles.